The molecule has 1 aromatic carbocycles. The maximum atomic E-state index is 10.9. The summed E-state index contributed by atoms with van der Waals surface area (Å²) in [5, 5.41) is 0. The van der Waals surface area contributed by atoms with E-state index < -0.39 is 10.0 Å². The number of nitrogens with one attached hydrogen (secondary N) is 2. The average molecular weight is 171 g/mol. The second-order valence-electron chi connectivity index (χ2n) is 1.92. The maximum Gasteiger partial charge on any atom is 0.254 e. The Morgan fingerprint density at radius 3 is 2.18 bits per heavy atom. The molecule has 0 aliphatic rings. The fourth-order valence-corrected chi connectivity index (χ4v) is 1.29. The Balaban J connectivity index is 3.14. The van der Waals surface area contributed by atoms with Crippen molar-refractivity contribution in [2.45, 2.75) is 4.90 Å². The first-order valence-electron chi connectivity index (χ1n) is 2.90. The minimum Gasteiger partial charge on any atom is -0.206 e. The Labute approximate surface area is 65.1 Å². The van der Waals surface area contributed by atoms with Crippen LogP contribution in [0.2, 0.25) is 0 Å². The molecule has 0 spiro atoms. The highest BCUT2D eigenvalue weighted by atomic mass is 32.2. The molecule has 0 aliphatic heterocycles. The summed E-state index contributed by atoms with van der Waals surface area (Å²) in [6, 6.07) is 7.77. The lowest BCUT2D eigenvalue weighted by Crippen LogP contribution is -2.21. The van der Waals surface area contributed by atoms with Gasteiger partial charge in [0.1, 0.15) is 0 Å². The summed E-state index contributed by atoms with van der Waals surface area (Å²) < 4.78 is 21.8. The Kier molecular flexibility index (Phi) is 2.23. The highest BCUT2D eigenvalue weighted by Gasteiger charge is 2.09. The van der Waals surface area contributed by atoms with Crippen LogP contribution in [0.4, 0.5) is 0 Å². The summed E-state index contributed by atoms with van der Waals surface area (Å²) in [5.41, 5.74) is 0. The standard InChI is InChI=1S/C6H7N2O2S/c7-8-11(9,10)6-4-2-1-3-5-6/h1-5,7-8H. The van der Waals surface area contributed by atoms with Crippen molar-refractivity contribution in [3.05, 3.63) is 30.3 Å². The third-order valence-corrected chi connectivity index (χ3v) is 2.35. The highest BCUT2D eigenvalue weighted by molar-refractivity contribution is 7.89. The van der Waals surface area contributed by atoms with Crippen LogP contribution in [0.15, 0.2) is 35.2 Å². The zero-order valence-electron chi connectivity index (χ0n) is 5.61. The molecular formula is C6H7N2O2S. The molecule has 1 radical (unpaired) electrons. The van der Waals surface area contributed by atoms with Crippen LogP contribution >= 0.6 is 0 Å². The van der Waals surface area contributed by atoms with Crippen LogP contribution < -0.4 is 10.7 Å². The van der Waals surface area contributed by atoms with Gasteiger partial charge in [0.25, 0.3) is 10.0 Å². The quantitative estimate of drug-likeness (QED) is 0.644. The Morgan fingerprint density at radius 1 is 1.18 bits per heavy atom. The summed E-state index contributed by atoms with van der Waals surface area (Å²) in [6.45, 7) is 0. The number of hydrogen-bond acceptors (Lipinski definition) is 2. The van der Waals surface area contributed by atoms with Gasteiger partial charge in [-0.15, -0.1) is 4.83 Å². The number of rotatable bonds is 2. The van der Waals surface area contributed by atoms with Crippen molar-refractivity contribution in [2.24, 2.45) is 0 Å². The fourth-order valence-electron chi connectivity index (χ4n) is 0.659. The molecule has 0 saturated carbocycles. The van der Waals surface area contributed by atoms with E-state index in [1.54, 1.807) is 18.2 Å². The molecule has 0 bridgehead atoms. The molecule has 5 heteroatoms. The van der Waals surface area contributed by atoms with Crippen LogP contribution in [-0.4, -0.2) is 8.42 Å². The number of benzene rings is 1. The molecule has 0 aliphatic carbocycles. The third-order valence-electron chi connectivity index (χ3n) is 1.19. The van der Waals surface area contributed by atoms with Crippen molar-refractivity contribution in [1.82, 2.24) is 10.7 Å². The van der Waals surface area contributed by atoms with E-state index in [-0.39, 0.29) is 4.90 Å². The Morgan fingerprint density at radius 2 is 1.73 bits per heavy atom. The number of sulfonamides is 1. The second-order valence-corrected chi connectivity index (χ2v) is 3.60. The van der Waals surface area contributed by atoms with Gasteiger partial charge in [-0.25, -0.2) is 8.42 Å². The van der Waals surface area contributed by atoms with Crippen LogP contribution in [0, 0.1) is 0 Å². The van der Waals surface area contributed by atoms with E-state index in [1.165, 1.54) is 17.0 Å². The minimum absolute atomic E-state index is 0.106. The smallest absolute Gasteiger partial charge is 0.206 e. The van der Waals surface area contributed by atoms with Crippen LogP contribution in [0.1, 0.15) is 0 Å². The fraction of sp³-hybridized carbons (Fsp3) is 0. The summed E-state index contributed by atoms with van der Waals surface area (Å²) in [7, 11) is -3.58. The van der Waals surface area contributed by atoms with Crippen LogP contribution in [0.3, 0.4) is 0 Å². The molecular weight excluding hydrogens is 164 g/mol. The van der Waals surface area contributed by atoms with Crippen molar-refractivity contribution >= 4 is 10.0 Å². The van der Waals surface area contributed by atoms with Crippen LogP contribution in [-0.2, 0) is 10.0 Å². The minimum atomic E-state index is -3.58. The summed E-state index contributed by atoms with van der Waals surface area (Å²) in [6.07, 6.45) is 0. The van der Waals surface area contributed by atoms with Gasteiger partial charge >= 0.3 is 0 Å². The molecule has 0 atom stereocenters. The van der Waals surface area contributed by atoms with Crippen molar-refractivity contribution in [1.29, 1.82) is 0 Å². The number of hydrogen-bond donors (Lipinski definition) is 1. The van der Waals surface area contributed by atoms with Gasteiger partial charge in [-0.1, -0.05) is 18.2 Å². The van der Waals surface area contributed by atoms with Gasteiger partial charge in [0.05, 0.1) is 4.90 Å². The van der Waals surface area contributed by atoms with E-state index in [0.29, 0.717) is 0 Å². The van der Waals surface area contributed by atoms with Crippen LogP contribution in [0.25, 0.3) is 0 Å². The lowest BCUT2D eigenvalue weighted by Gasteiger charge is -1.98. The predicted octanol–water partition coefficient (Wildman–Crippen LogP) is 0.163. The first-order valence-corrected chi connectivity index (χ1v) is 4.39. The largest absolute Gasteiger partial charge is 0.254 e. The molecule has 0 aromatic heterocycles. The zero-order valence-corrected chi connectivity index (χ0v) is 6.43. The molecule has 1 rings (SSSR count). The van der Waals surface area contributed by atoms with E-state index in [0.717, 1.165) is 0 Å². The van der Waals surface area contributed by atoms with Gasteiger partial charge in [-0.05, 0) is 12.1 Å². The van der Waals surface area contributed by atoms with Crippen LogP contribution in [0.5, 0.6) is 0 Å². The lowest BCUT2D eigenvalue weighted by molar-refractivity contribution is 0.582. The van der Waals surface area contributed by atoms with Crippen molar-refractivity contribution in [2.75, 3.05) is 0 Å². The summed E-state index contributed by atoms with van der Waals surface area (Å²) in [5.74, 6) is 6.50. The van der Waals surface area contributed by atoms with Crippen molar-refractivity contribution in [3.63, 3.8) is 0 Å². The predicted molar refractivity (Wildman–Crippen MR) is 39.9 cm³/mol. The highest BCUT2D eigenvalue weighted by Crippen LogP contribution is 2.05. The van der Waals surface area contributed by atoms with E-state index in [4.69, 9.17) is 5.84 Å². The molecule has 1 aromatic rings. The average Bonchev–Trinajstić information content (AvgIpc) is 2.06. The van der Waals surface area contributed by atoms with Crippen molar-refractivity contribution in [3.8, 4) is 0 Å². The molecule has 0 unspecified atom stereocenters. The molecule has 0 fully saturated rings. The molecule has 0 heterocycles. The molecule has 11 heavy (non-hydrogen) atoms. The second kappa shape index (κ2) is 3.00. The molecule has 2 N–H and O–H groups in total. The van der Waals surface area contributed by atoms with E-state index >= 15 is 0 Å². The summed E-state index contributed by atoms with van der Waals surface area (Å²) >= 11 is 0. The van der Waals surface area contributed by atoms with E-state index in [2.05, 4.69) is 0 Å². The van der Waals surface area contributed by atoms with Gasteiger partial charge < -0.3 is 0 Å². The lowest BCUT2D eigenvalue weighted by atomic mass is 10.4. The Hall–Kier alpha value is -0.910. The summed E-state index contributed by atoms with van der Waals surface area (Å²) in [4.78, 5) is 1.59. The first kappa shape index (κ1) is 8.19. The first-order chi connectivity index (χ1) is 5.17. The Bertz CT molecular complexity index is 320. The topological polar surface area (TPSA) is 70.0 Å². The maximum absolute atomic E-state index is 10.9. The molecule has 4 nitrogen and oxygen atoms in total. The normalized spacial score (nSPS) is 11.4. The van der Waals surface area contributed by atoms with Gasteiger partial charge in [0.2, 0.25) is 0 Å². The zero-order chi connectivity index (χ0) is 8.32. The SMILES string of the molecule is [NH]NS(=O)(=O)c1ccccc1. The molecule has 0 amide bonds. The van der Waals surface area contributed by atoms with Gasteiger partial charge in [-0.2, -0.15) is 5.84 Å². The molecule has 59 valence electrons. The van der Waals surface area contributed by atoms with Crippen molar-refractivity contribution < 1.29 is 8.42 Å². The van der Waals surface area contributed by atoms with Gasteiger partial charge in [-0.3, -0.25) is 0 Å². The monoisotopic (exact) mass is 171 g/mol. The molecule has 0 saturated heterocycles. The van der Waals surface area contributed by atoms with Gasteiger partial charge in [0, 0.05) is 0 Å². The van der Waals surface area contributed by atoms with E-state index in [9.17, 15) is 8.42 Å². The van der Waals surface area contributed by atoms with E-state index in [1.807, 2.05) is 0 Å². The third kappa shape index (κ3) is 1.76. The van der Waals surface area contributed by atoms with Gasteiger partial charge in [0.15, 0.2) is 0 Å².